The van der Waals surface area contributed by atoms with Crippen LogP contribution in [-0.2, 0) is 10.0 Å². The first-order valence-corrected chi connectivity index (χ1v) is 7.82. The lowest BCUT2D eigenvalue weighted by Gasteiger charge is -2.20. The molecule has 1 aromatic heterocycles. The molecule has 1 aliphatic heterocycles. The van der Waals surface area contributed by atoms with Gasteiger partial charge in [-0.15, -0.1) is 0 Å². The molecule has 96 valence electrons. The monoisotopic (exact) mass is 275 g/mol. The van der Waals surface area contributed by atoms with Crippen LogP contribution in [0, 0.1) is 12.8 Å². The van der Waals surface area contributed by atoms with Crippen molar-refractivity contribution < 1.29 is 8.42 Å². The van der Waals surface area contributed by atoms with Gasteiger partial charge in [-0.3, -0.25) is 0 Å². The average molecular weight is 275 g/mol. The number of anilines is 1. The average Bonchev–Trinajstić information content (AvgIpc) is 2.70. The van der Waals surface area contributed by atoms with E-state index in [0.717, 1.165) is 17.8 Å². The number of aromatic nitrogens is 1. The summed E-state index contributed by atoms with van der Waals surface area (Å²) in [5, 5.41) is 0.306. The first-order chi connectivity index (χ1) is 7.82. The summed E-state index contributed by atoms with van der Waals surface area (Å²) in [6, 6.07) is 0.0534. The molecule has 0 bridgehead atoms. The molecule has 0 radical (unpaired) electrons. The molecular formula is C10H17N3O2S2. The first-order valence-electron chi connectivity index (χ1n) is 5.57. The molecular weight excluding hydrogens is 258 g/mol. The Hall–Kier alpha value is -0.660. The van der Waals surface area contributed by atoms with Gasteiger partial charge in [0.25, 0.3) is 10.0 Å². The van der Waals surface area contributed by atoms with Gasteiger partial charge in [0.05, 0.1) is 5.69 Å². The van der Waals surface area contributed by atoms with Gasteiger partial charge >= 0.3 is 0 Å². The molecule has 1 aromatic rings. The minimum Gasteiger partial charge on any atom is -0.375 e. The second-order valence-corrected chi connectivity index (χ2v) is 7.81. The number of nitrogens with two attached hydrogens (primary N) is 1. The van der Waals surface area contributed by atoms with Crippen molar-refractivity contribution in [1.29, 1.82) is 0 Å². The highest BCUT2D eigenvalue weighted by Gasteiger charge is 2.38. The Morgan fingerprint density at radius 1 is 1.47 bits per heavy atom. The number of nitrogen functional groups attached to an aromatic ring is 1. The molecule has 2 N–H and O–H groups in total. The Kier molecular flexibility index (Phi) is 3.17. The molecule has 2 heterocycles. The highest BCUT2D eigenvalue weighted by atomic mass is 32.2. The molecule has 7 heteroatoms. The van der Waals surface area contributed by atoms with Crippen LogP contribution >= 0.6 is 11.3 Å². The largest absolute Gasteiger partial charge is 0.375 e. The molecule has 0 aromatic carbocycles. The summed E-state index contributed by atoms with van der Waals surface area (Å²) >= 11 is 1.05. The summed E-state index contributed by atoms with van der Waals surface area (Å²) in [7, 11) is -3.42. The van der Waals surface area contributed by atoms with Gasteiger partial charge in [0.1, 0.15) is 0 Å². The lowest BCUT2D eigenvalue weighted by Crippen LogP contribution is -2.33. The minimum absolute atomic E-state index is 0.0534. The van der Waals surface area contributed by atoms with E-state index in [1.807, 2.05) is 6.92 Å². The Labute approximate surface area is 106 Å². The number of nitrogens with zero attached hydrogens (tertiary/aromatic N) is 2. The van der Waals surface area contributed by atoms with E-state index in [9.17, 15) is 8.42 Å². The van der Waals surface area contributed by atoms with Gasteiger partial charge < -0.3 is 5.73 Å². The van der Waals surface area contributed by atoms with E-state index in [1.54, 1.807) is 11.2 Å². The fourth-order valence-corrected chi connectivity index (χ4v) is 5.52. The first kappa shape index (κ1) is 12.8. The summed E-state index contributed by atoms with van der Waals surface area (Å²) in [6.07, 6.45) is 0.909. The van der Waals surface area contributed by atoms with Gasteiger partial charge in [-0.05, 0) is 26.2 Å². The number of thiazole rings is 1. The highest BCUT2D eigenvalue weighted by molar-refractivity contribution is 7.91. The predicted octanol–water partition coefficient (Wildman–Crippen LogP) is 1.45. The maximum absolute atomic E-state index is 12.5. The summed E-state index contributed by atoms with van der Waals surface area (Å²) in [5.74, 6) is 0.408. The fourth-order valence-electron chi connectivity index (χ4n) is 2.34. The molecule has 1 fully saturated rings. The molecule has 0 amide bonds. The van der Waals surface area contributed by atoms with E-state index in [2.05, 4.69) is 11.9 Å². The molecule has 1 saturated heterocycles. The molecule has 2 unspecified atom stereocenters. The van der Waals surface area contributed by atoms with E-state index in [0.29, 0.717) is 23.3 Å². The second kappa shape index (κ2) is 4.22. The maximum atomic E-state index is 12.5. The zero-order chi connectivity index (χ0) is 12.8. The number of hydrogen-bond donors (Lipinski definition) is 1. The van der Waals surface area contributed by atoms with Crippen molar-refractivity contribution >= 4 is 26.5 Å². The van der Waals surface area contributed by atoms with Crippen molar-refractivity contribution in [3.63, 3.8) is 0 Å². The third-order valence-corrected chi connectivity index (χ3v) is 6.59. The third kappa shape index (κ3) is 2.19. The van der Waals surface area contributed by atoms with E-state index in [-0.39, 0.29) is 10.3 Å². The van der Waals surface area contributed by atoms with Crippen LogP contribution in [0.1, 0.15) is 26.0 Å². The van der Waals surface area contributed by atoms with Crippen LogP contribution in [0.2, 0.25) is 0 Å². The van der Waals surface area contributed by atoms with Crippen molar-refractivity contribution in [3.8, 4) is 0 Å². The highest BCUT2D eigenvalue weighted by Crippen LogP contribution is 2.33. The number of hydrogen-bond acceptors (Lipinski definition) is 5. The van der Waals surface area contributed by atoms with E-state index in [4.69, 9.17) is 5.73 Å². The molecule has 0 aliphatic carbocycles. The van der Waals surface area contributed by atoms with E-state index in [1.165, 1.54) is 0 Å². The van der Waals surface area contributed by atoms with Crippen LogP contribution in [0.3, 0.4) is 0 Å². The standard InChI is InChI=1S/C10H17N3O2S2/c1-6-4-7(2)13(5-6)17(14,15)9-8(3)12-10(11)16-9/h6-7H,4-5H2,1-3H3,(H2,11,12). The molecule has 0 spiro atoms. The lowest BCUT2D eigenvalue weighted by atomic mass is 10.1. The Morgan fingerprint density at radius 2 is 2.12 bits per heavy atom. The fraction of sp³-hybridized carbons (Fsp3) is 0.700. The van der Waals surface area contributed by atoms with Gasteiger partial charge in [0.15, 0.2) is 9.34 Å². The Balaban J connectivity index is 2.40. The SMILES string of the molecule is Cc1nc(N)sc1S(=O)(=O)N1CC(C)CC1C. The van der Waals surface area contributed by atoms with Gasteiger partial charge in [-0.2, -0.15) is 4.31 Å². The van der Waals surface area contributed by atoms with Crippen molar-refractivity contribution in [2.75, 3.05) is 12.3 Å². The summed E-state index contributed by atoms with van der Waals surface area (Å²) in [6.45, 7) is 6.28. The Bertz CT molecular complexity index is 524. The third-order valence-electron chi connectivity index (χ3n) is 3.04. The van der Waals surface area contributed by atoms with Crippen LogP contribution in [0.25, 0.3) is 0 Å². The van der Waals surface area contributed by atoms with Crippen molar-refractivity contribution in [1.82, 2.24) is 9.29 Å². The summed E-state index contributed by atoms with van der Waals surface area (Å²) in [4.78, 5) is 3.98. The maximum Gasteiger partial charge on any atom is 0.254 e. The predicted molar refractivity (Wildman–Crippen MR) is 68.4 cm³/mol. The number of sulfonamides is 1. The zero-order valence-electron chi connectivity index (χ0n) is 10.2. The second-order valence-electron chi connectivity index (χ2n) is 4.69. The number of aryl methyl sites for hydroxylation is 1. The van der Waals surface area contributed by atoms with Crippen LogP contribution in [-0.4, -0.2) is 30.3 Å². The van der Waals surface area contributed by atoms with Gasteiger partial charge in [0.2, 0.25) is 0 Å². The molecule has 1 aliphatic rings. The van der Waals surface area contributed by atoms with Crippen LogP contribution in [0.4, 0.5) is 5.13 Å². The van der Waals surface area contributed by atoms with Crippen molar-refractivity contribution in [3.05, 3.63) is 5.69 Å². The smallest absolute Gasteiger partial charge is 0.254 e. The van der Waals surface area contributed by atoms with Gasteiger partial charge in [-0.25, -0.2) is 13.4 Å². The normalized spacial score (nSPS) is 26.5. The number of rotatable bonds is 2. The van der Waals surface area contributed by atoms with Crippen molar-refractivity contribution in [2.24, 2.45) is 5.92 Å². The van der Waals surface area contributed by atoms with Gasteiger partial charge in [0, 0.05) is 12.6 Å². The molecule has 2 rings (SSSR count). The van der Waals surface area contributed by atoms with E-state index < -0.39 is 10.0 Å². The molecule has 2 atom stereocenters. The van der Waals surface area contributed by atoms with E-state index >= 15 is 0 Å². The van der Waals surface area contributed by atoms with Gasteiger partial charge in [-0.1, -0.05) is 18.3 Å². The van der Waals surface area contributed by atoms with Crippen LogP contribution < -0.4 is 5.73 Å². The summed E-state index contributed by atoms with van der Waals surface area (Å²) in [5.41, 5.74) is 6.06. The van der Waals surface area contributed by atoms with Crippen LogP contribution in [0.15, 0.2) is 4.21 Å². The minimum atomic E-state index is -3.42. The Morgan fingerprint density at radius 3 is 2.53 bits per heavy atom. The van der Waals surface area contributed by atoms with Crippen LogP contribution in [0.5, 0.6) is 0 Å². The molecule has 17 heavy (non-hydrogen) atoms. The quantitative estimate of drug-likeness (QED) is 0.886. The zero-order valence-corrected chi connectivity index (χ0v) is 11.8. The van der Waals surface area contributed by atoms with Crippen molar-refractivity contribution in [2.45, 2.75) is 37.4 Å². The molecule has 5 nitrogen and oxygen atoms in total. The lowest BCUT2D eigenvalue weighted by molar-refractivity contribution is 0.406. The topological polar surface area (TPSA) is 76.3 Å². The molecule has 0 saturated carbocycles. The summed E-state index contributed by atoms with van der Waals surface area (Å²) < 4.78 is 26.8.